The van der Waals surface area contributed by atoms with E-state index in [9.17, 15) is 18.0 Å². The number of rotatable bonds is 6. The van der Waals surface area contributed by atoms with Crippen LogP contribution in [0.2, 0.25) is 5.02 Å². The molecule has 1 aromatic rings. The Labute approximate surface area is 158 Å². The largest absolute Gasteiger partial charge is 0.456 e. The standard InChI is InChI=1S/C17H23ClN2O5S/c1-2-17(22)25-12-16(21)19-15-11-13(7-8-14(15)18)26(23,24)20-9-5-3-4-6-10-20/h7-8,11H,2-6,9-10,12H2,1H3,(H,19,21). The van der Waals surface area contributed by atoms with E-state index in [0.29, 0.717) is 13.1 Å². The number of benzene rings is 1. The van der Waals surface area contributed by atoms with Crippen molar-refractivity contribution in [3.05, 3.63) is 23.2 Å². The zero-order valence-electron chi connectivity index (χ0n) is 14.7. The summed E-state index contributed by atoms with van der Waals surface area (Å²) in [6, 6.07) is 4.19. The van der Waals surface area contributed by atoms with Crippen LogP contribution < -0.4 is 5.32 Å². The SMILES string of the molecule is CCC(=O)OCC(=O)Nc1cc(S(=O)(=O)N2CCCCCC2)ccc1Cl. The van der Waals surface area contributed by atoms with Gasteiger partial charge < -0.3 is 10.1 Å². The molecule has 1 aromatic carbocycles. The van der Waals surface area contributed by atoms with E-state index in [1.807, 2.05) is 0 Å². The molecule has 0 unspecified atom stereocenters. The Balaban J connectivity index is 2.15. The fourth-order valence-corrected chi connectivity index (χ4v) is 4.33. The second-order valence-electron chi connectivity index (χ2n) is 6.02. The van der Waals surface area contributed by atoms with Crippen molar-refractivity contribution >= 4 is 39.2 Å². The van der Waals surface area contributed by atoms with Crippen molar-refractivity contribution < 1.29 is 22.7 Å². The number of nitrogens with zero attached hydrogens (tertiary/aromatic N) is 1. The smallest absolute Gasteiger partial charge is 0.306 e. The molecule has 0 aliphatic carbocycles. The summed E-state index contributed by atoms with van der Waals surface area (Å²) in [5.41, 5.74) is 0.167. The predicted molar refractivity (Wildman–Crippen MR) is 98.6 cm³/mol. The van der Waals surface area contributed by atoms with E-state index in [0.717, 1.165) is 25.7 Å². The van der Waals surface area contributed by atoms with Gasteiger partial charge in [0.05, 0.1) is 15.6 Å². The topological polar surface area (TPSA) is 92.8 Å². The third-order valence-corrected chi connectivity index (χ3v) is 6.29. The maximum Gasteiger partial charge on any atom is 0.306 e. The summed E-state index contributed by atoms with van der Waals surface area (Å²) < 4.78 is 31.9. The number of anilines is 1. The van der Waals surface area contributed by atoms with Crippen LogP contribution in [0, 0.1) is 0 Å². The van der Waals surface area contributed by atoms with Gasteiger partial charge in [0.15, 0.2) is 6.61 Å². The molecule has 0 aromatic heterocycles. The Morgan fingerprint density at radius 3 is 2.46 bits per heavy atom. The van der Waals surface area contributed by atoms with E-state index < -0.39 is 28.5 Å². The Morgan fingerprint density at radius 1 is 1.19 bits per heavy atom. The molecule has 7 nitrogen and oxygen atoms in total. The number of hydrogen-bond acceptors (Lipinski definition) is 5. The van der Waals surface area contributed by atoms with Gasteiger partial charge >= 0.3 is 5.97 Å². The molecule has 9 heteroatoms. The van der Waals surface area contributed by atoms with Gasteiger partial charge in [0, 0.05) is 19.5 Å². The van der Waals surface area contributed by atoms with Gasteiger partial charge in [0.1, 0.15) is 0 Å². The molecule has 1 saturated heterocycles. The van der Waals surface area contributed by atoms with Crippen LogP contribution in [0.4, 0.5) is 5.69 Å². The number of amides is 1. The summed E-state index contributed by atoms with van der Waals surface area (Å²) in [4.78, 5) is 23.1. The summed E-state index contributed by atoms with van der Waals surface area (Å²) in [6.45, 7) is 2.14. The highest BCUT2D eigenvalue weighted by Gasteiger charge is 2.26. The number of hydrogen-bond donors (Lipinski definition) is 1. The van der Waals surface area contributed by atoms with Gasteiger partial charge in [-0.15, -0.1) is 0 Å². The molecule has 26 heavy (non-hydrogen) atoms. The minimum absolute atomic E-state index is 0.0738. The molecule has 1 aliphatic heterocycles. The molecule has 0 spiro atoms. The van der Waals surface area contributed by atoms with Crippen LogP contribution in [0.25, 0.3) is 0 Å². The fraction of sp³-hybridized carbons (Fsp3) is 0.529. The minimum atomic E-state index is -3.65. The number of nitrogens with one attached hydrogen (secondary N) is 1. The lowest BCUT2D eigenvalue weighted by atomic mass is 10.2. The number of carbonyl (C=O) groups excluding carboxylic acids is 2. The highest BCUT2D eigenvalue weighted by Crippen LogP contribution is 2.28. The van der Waals surface area contributed by atoms with E-state index >= 15 is 0 Å². The summed E-state index contributed by atoms with van der Waals surface area (Å²) in [5.74, 6) is -1.08. The first-order valence-corrected chi connectivity index (χ1v) is 10.4. The molecule has 1 fully saturated rings. The van der Waals surface area contributed by atoms with Gasteiger partial charge in [-0.3, -0.25) is 9.59 Å². The van der Waals surface area contributed by atoms with Crippen molar-refractivity contribution in [2.75, 3.05) is 25.0 Å². The van der Waals surface area contributed by atoms with Crippen LogP contribution >= 0.6 is 11.6 Å². The van der Waals surface area contributed by atoms with Crippen molar-refractivity contribution in [2.24, 2.45) is 0 Å². The first-order valence-electron chi connectivity index (χ1n) is 8.59. The maximum atomic E-state index is 12.8. The zero-order chi connectivity index (χ0) is 19.2. The van der Waals surface area contributed by atoms with Gasteiger partial charge in [0.25, 0.3) is 5.91 Å². The van der Waals surface area contributed by atoms with Gasteiger partial charge in [-0.2, -0.15) is 4.31 Å². The summed E-state index contributed by atoms with van der Waals surface area (Å²) in [6.07, 6.45) is 3.87. The lowest BCUT2D eigenvalue weighted by molar-refractivity contribution is -0.146. The fourth-order valence-electron chi connectivity index (χ4n) is 2.63. The average molecular weight is 403 g/mol. The molecule has 1 N–H and O–H groups in total. The molecule has 0 bridgehead atoms. The number of ether oxygens (including phenoxy) is 1. The molecular weight excluding hydrogens is 380 g/mol. The van der Waals surface area contributed by atoms with Crippen LogP contribution in [0.1, 0.15) is 39.0 Å². The molecule has 0 atom stereocenters. The third kappa shape index (κ3) is 5.43. The molecule has 0 saturated carbocycles. The Hall–Kier alpha value is -1.64. The molecule has 2 rings (SSSR count). The van der Waals surface area contributed by atoms with Gasteiger partial charge in [0.2, 0.25) is 10.0 Å². The van der Waals surface area contributed by atoms with Crippen LogP contribution in [0.3, 0.4) is 0 Å². The third-order valence-electron chi connectivity index (χ3n) is 4.07. The van der Waals surface area contributed by atoms with E-state index in [1.165, 1.54) is 22.5 Å². The molecule has 0 radical (unpaired) electrons. The van der Waals surface area contributed by atoms with E-state index in [-0.39, 0.29) is 22.0 Å². The molecule has 1 aliphatic rings. The first kappa shape index (κ1) is 20.7. The monoisotopic (exact) mass is 402 g/mol. The van der Waals surface area contributed by atoms with Gasteiger partial charge in [-0.25, -0.2) is 8.42 Å². The summed E-state index contributed by atoms with van der Waals surface area (Å²) >= 11 is 6.06. The Morgan fingerprint density at radius 2 is 1.85 bits per heavy atom. The number of carbonyl (C=O) groups is 2. The molecule has 1 heterocycles. The summed E-state index contributed by atoms with van der Waals surface area (Å²) in [5, 5.41) is 2.69. The van der Waals surface area contributed by atoms with Crippen LogP contribution in [0.15, 0.2) is 23.1 Å². The second kappa shape index (κ2) is 9.34. The summed E-state index contributed by atoms with van der Waals surface area (Å²) in [7, 11) is -3.65. The van der Waals surface area contributed by atoms with Crippen LogP contribution in [0.5, 0.6) is 0 Å². The lowest BCUT2D eigenvalue weighted by Crippen LogP contribution is -2.32. The first-order chi connectivity index (χ1) is 12.3. The number of halogens is 1. The second-order valence-corrected chi connectivity index (χ2v) is 8.37. The van der Waals surface area contributed by atoms with Gasteiger partial charge in [-0.1, -0.05) is 31.4 Å². The van der Waals surface area contributed by atoms with Crippen molar-refractivity contribution in [1.29, 1.82) is 0 Å². The van der Waals surface area contributed by atoms with E-state index in [4.69, 9.17) is 16.3 Å². The lowest BCUT2D eigenvalue weighted by Gasteiger charge is -2.20. The van der Waals surface area contributed by atoms with Crippen LogP contribution in [-0.4, -0.2) is 44.3 Å². The minimum Gasteiger partial charge on any atom is -0.456 e. The highest BCUT2D eigenvalue weighted by molar-refractivity contribution is 7.89. The quantitative estimate of drug-likeness (QED) is 0.738. The molecule has 144 valence electrons. The number of sulfonamides is 1. The molecule has 1 amide bonds. The van der Waals surface area contributed by atoms with Gasteiger partial charge in [-0.05, 0) is 31.0 Å². The Bertz CT molecular complexity index is 758. The van der Waals surface area contributed by atoms with Crippen LogP contribution in [-0.2, 0) is 24.3 Å². The predicted octanol–water partition coefficient (Wildman–Crippen LogP) is 2.80. The maximum absolute atomic E-state index is 12.8. The molecular formula is C17H23ClN2O5S. The Kier molecular flexibility index (Phi) is 7.43. The highest BCUT2D eigenvalue weighted by atomic mass is 35.5. The van der Waals surface area contributed by atoms with E-state index in [2.05, 4.69) is 5.32 Å². The normalized spacial score (nSPS) is 15.9. The van der Waals surface area contributed by atoms with Crippen molar-refractivity contribution in [3.63, 3.8) is 0 Å². The van der Waals surface area contributed by atoms with Crippen molar-refractivity contribution in [3.8, 4) is 0 Å². The van der Waals surface area contributed by atoms with Crippen molar-refractivity contribution in [1.82, 2.24) is 4.31 Å². The zero-order valence-corrected chi connectivity index (χ0v) is 16.2. The number of esters is 1. The average Bonchev–Trinajstić information content (AvgIpc) is 2.91. The van der Waals surface area contributed by atoms with E-state index in [1.54, 1.807) is 6.92 Å². The van der Waals surface area contributed by atoms with Crippen molar-refractivity contribution in [2.45, 2.75) is 43.9 Å².